The highest BCUT2D eigenvalue weighted by molar-refractivity contribution is 5.79. The number of hydrogen-bond acceptors (Lipinski definition) is 3. The summed E-state index contributed by atoms with van der Waals surface area (Å²) in [5.74, 6) is -0.760. The normalized spacial score (nSPS) is 23.4. The van der Waals surface area contributed by atoms with Gasteiger partial charge in [-0.25, -0.2) is 0 Å². The van der Waals surface area contributed by atoms with Crippen LogP contribution < -0.4 is 11.1 Å². The molecule has 1 saturated carbocycles. The average Bonchev–Trinajstić information content (AvgIpc) is 2.61. The Bertz CT molecular complexity index is 355. The lowest BCUT2D eigenvalue weighted by Gasteiger charge is -2.25. The summed E-state index contributed by atoms with van der Waals surface area (Å²) in [6.45, 7) is 4.67. The van der Waals surface area contributed by atoms with E-state index in [9.17, 15) is 9.59 Å². The van der Waals surface area contributed by atoms with Crippen molar-refractivity contribution in [2.75, 3.05) is 6.54 Å². The first-order valence-corrected chi connectivity index (χ1v) is 8.07. The Kier molecular flexibility index (Phi) is 7.15. The predicted octanol–water partition coefficient (Wildman–Crippen LogP) is 2.29. The van der Waals surface area contributed by atoms with Crippen molar-refractivity contribution in [3.05, 3.63) is 0 Å². The quantitative estimate of drug-likeness (QED) is 0.629. The second-order valence-electron chi connectivity index (χ2n) is 7.01. The summed E-state index contributed by atoms with van der Waals surface area (Å²) >= 11 is 0. The third-order valence-corrected chi connectivity index (χ3v) is 4.52. The molecule has 2 unspecified atom stereocenters. The lowest BCUT2D eigenvalue weighted by molar-refractivity contribution is -0.137. The molecule has 0 aliphatic heterocycles. The molecule has 0 spiro atoms. The van der Waals surface area contributed by atoms with Gasteiger partial charge >= 0.3 is 5.97 Å². The van der Waals surface area contributed by atoms with Crippen molar-refractivity contribution < 1.29 is 14.7 Å². The highest BCUT2D eigenvalue weighted by atomic mass is 16.4. The summed E-state index contributed by atoms with van der Waals surface area (Å²) in [6.07, 6.45) is 6.77. The van der Waals surface area contributed by atoms with Crippen LogP contribution in [0.25, 0.3) is 0 Å². The van der Waals surface area contributed by atoms with Crippen LogP contribution in [0.4, 0.5) is 0 Å². The van der Waals surface area contributed by atoms with Crippen molar-refractivity contribution in [3.8, 4) is 0 Å². The Morgan fingerprint density at radius 2 is 1.86 bits per heavy atom. The maximum atomic E-state index is 12.2. The van der Waals surface area contributed by atoms with E-state index < -0.39 is 5.97 Å². The third-order valence-electron chi connectivity index (χ3n) is 4.52. The average molecular weight is 298 g/mol. The number of carboxylic acid groups (broad SMARTS) is 1. The van der Waals surface area contributed by atoms with Gasteiger partial charge < -0.3 is 16.2 Å². The Hall–Kier alpha value is -1.10. The standard InChI is InChI=1S/C16H30N2O3/c1-16(2,9-8-14(19)20)10-11-18-15(21)12-6-4-3-5-7-13(12)17/h12-13H,3-11,17H2,1-2H3,(H,18,21)(H,19,20). The number of hydrogen-bond donors (Lipinski definition) is 3. The van der Waals surface area contributed by atoms with Crippen LogP contribution in [0.2, 0.25) is 0 Å². The molecular weight excluding hydrogens is 268 g/mol. The zero-order chi connectivity index (χ0) is 15.9. The molecule has 5 heteroatoms. The monoisotopic (exact) mass is 298 g/mol. The topological polar surface area (TPSA) is 92.4 Å². The fourth-order valence-electron chi connectivity index (χ4n) is 2.89. The van der Waals surface area contributed by atoms with Gasteiger partial charge in [-0.15, -0.1) is 0 Å². The molecule has 0 bridgehead atoms. The van der Waals surface area contributed by atoms with E-state index in [1.54, 1.807) is 0 Å². The first-order valence-electron chi connectivity index (χ1n) is 8.07. The fraction of sp³-hybridized carbons (Fsp3) is 0.875. The zero-order valence-electron chi connectivity index (χ0n) is 13.4. The van der Waals surface area contributed by atoms with Crippen LogP contribution in [-0.2, 0) is 9.59 Å². The largest absolute Gasteiger partial charge is 0.481 e. The molecule has 122 valence electrons. The fourth-order valence-corrected chi connectivity index (χ4v) is 2.89. The molecule has 0 aromatic heterocycles. The van der Waals surface area contributed by atoms with E-state index in [0.717, 1.165) is 32.1 Å². The summed E-state index contributed by atoms with van der Waals surface area (Å²) < 4.78 is 0. The molecular formula is C16H30N2O3. The molecule has 2 atom stereocenters. The van der Waals surface area contributed by atoms with Crippen LogP contribution in [0.15, 0.2) is 0 Å². The lowest BCUT2D eigenvalue weighted by Crippen LogP contribution is -2.42. The van der Waals surface area contributed by atoms with Crippen LogP contribution in [0.5, 0.6) is 0 Å². The first kappa shape index (κ1) is 18.0. The van der Waals surface area contributed by atoms with Crippen molar-refractivity contribution in [1.29, 1.82) is 0 Å². The summed E-state index contributed by atoms with van der Waals surface area (Å²) in [4.78, 5) is 22.8. The minimum atomic E-state index is -0.767. The SMILES string of the molecule is CC(C)(CCNC(=O)C1CCCCCC1N)CCC(=O)O. The summed E-state index contributed by atoms with van der Waals surface area (Å²) in [6, 6.07) is -0.0208. The van der Waals surface area contributed by atoms with Gasteiger partial charge in [0.2, 0.25) is 5.91 Å². The van der Waals surface area contributed by atoms with Crippen LogP contribution >= 0.6 is 0 Å². The van der Waals surface area contributed by atoms with Gasteiger partial charge in [-0.05, 0) is 31.1 Å². The van der Waals surface area contributed by atoms with Gasteiger partial charge in [-0.2, -0.15) is 0 Å². The maximum Gasteiger partial charge on any atom is 0.303 e. The molecule has 0 aromatic carbocycles. The van der Waals surface area contributed by atoms with Crippen molar-refractivity contribution in [2.24, 2.45) is 17.1 Å². The van der Waals surface area contributed by atoms with Gasteiger partial charge in [0.25, 0.3) is 0 Å². The van der Waals surface area contributed by atoms with Crippen LogP contribution in [0.1, 0.15) is 65.2 Å². The summed E-state index contributed by atoms with van der Waals surface area (Å²) in [7, 11) is 0. The molecule has 4 N–H and O–H groups in total. The van der Waals surface area contributed by atoms with Gasteiger partial charge in [-0.1, -0.05) is 33.1 Å². The van der Waals surface area contributed by atoms with Crippen molar-refractivity contribution >= 4 is 11.9 Å². The number of nitrogens with one attached hydrogen (secondary N) is 1. The van der Waals surface area contributed by atoms with Gasteiger partial charge in [0.15, 0.2) is 0 Å². The Labute approximate surface area is 127 Å². The smallest absolute Gasteiger partial charge is 0.303 e. The van der Waals surface area contributed by atoms with Crippen molar-refractivity contribution in [1.82, 2.24) is 5.32 Å². The molecule has 0 saturated heterocycles. The number of rotatable bonds is 7. The molecule has 1 aliphatic rings. The van der Waals surface area contributed by atoms with Crippen molar-refractivity contribution in [3.63, 3.8) is 0 Å². The molecule has 1 aliphatic carbocycles. The van der Waals surface area contributed by atoms with E-state index in [1.807, 2.05) is 13.8 Å². The van der Waals surface area contributed by atoms with Crippen LogP contribution in [-0.4, -0.2) is 29.6 Å². The number of carbonyl (C=O) groups is 2. The molecule has 1 amide bonds. The Balaban J connectivity index is 2.33. The lowest BCUT2D eigenvalue weighted by atomic mass is 9.84. The molecule has 21 heavy (non-hydrogen) atoms. The van der Waals surface area contributed by atoms with E-state index in [-0.39, 0.29) is 29.7 Å². The Morgan fingerprint density at radius 1 is 1.19 bits per heavy atom. The second kappa shape index (κ2) is 8.37. The minimum absolute atomic E-state index is 0.0208. The van der Waals surface area contributed by atoms with E-state index >= 15 is 0 Å². The van der Waals surface area contributed by atoms with Gasteiger partial charge in [0, 0.05) is 19.0 Å². The first-order chi connectivity index (χ1) is 9.82. The molecule has 0 radical (unpaired) electrons. The summed E-state index contributed by atoms with van der Waals surface area (Å²) in [5, 5.41) is 11.7. The molecule has 1 rings (SSSR count). The summed E-state index contributed by atoms with van der Waals surface area (Å²) in [5.41, 5.74) is 6.02. The molecule has 0 heterocycles. The van der Waals surface area contributed by atoms with Crippen LogP contribution in [0.3, 0.4) is 0 Å². The van der Waals surface area contributed by atoms with Crippen molar-refractivity contribution in [2.45, 2.75) is 71.3 Å². The number of carboxylic acids is 1. The van der Waals surface area contributed by atoms with Gasteiger partial charge in [0.05, 0.1) is 5.92 Å². The predicted molar refractivity (Wildman–Crippen MR) is 82.8 cm³/mol. The maximum absolute atomic E-state index is 12.2. The zero-order valence-corrected chi connectivity index (χ0v) is 13.4. The minimum Gasteiger partial charge on any atom is -0.481 e. The number of amides is 1. The van der Waals surface area contributed by atoms with Gasteiger partial charge in [0.1, 0.15) is 0 Å². The number of nitrogens with two attached hydrogens (primary N) is 1. The van der Waals surface area contributed by atoms with E-state index in [4.69, 9.17) is 10.8 Å². The molecule has 1 fully saturated rings. The second-order valence-corrected chi connectivity index (χ2v) is 7.01. The van der Waals surface area contributed by atoms with E-state index in [0.29, 0.717) is 13.0 Å². The third kappa shape index (κ3) is 6.93. The number of aliphatic carboxylic acids is 1. The van der Waals surface area contributed by atoms with Gasteiger partial charge in [-0.3, -0.25) is 9.59 Å². The molecule has 5 nitrogen and oxygen atoms in total. The van der Waals surface area contributed by atoms with E-state index in [2.05, 4.69) is 5.32 Å². The number of carbonyl (C=O) groups excluding carboxylic acids is 1. The highest BCUT2D eigenvalue weighted by Gasteiger charge is 2.27. The van der Waals surface area contributed by atoms with Crippen LogP contribution in [0, 0.1) is 11.3 Å². The van der Waals surface area contributed by atoms with E-state index in [1.165, 1.54) is 6.42 Å². The highest BCUT2D eigenvalue weighted by Crippen LogP contribution is 2.26. The molecule has 0 aromatic rings. The Morgan fingerprint density at radius 3 is 2.52 bits per heavy atom.